The van der Waals surface area contributed by atoms with E-state index < -0.39 is 0 Å². The second-order valence-corrected chi connectivity index (χ2v) is 7.91. The summed E-state index contributed by atoms with van der Waals surface area (Å²) in [4.78, 5) is 23.3. The van der Waals surface area contributed by atoms with Crippen molar-refractivity contribution in [2.45, 2.75) is 41.5 Å². The summed E-state index contributed by atoms with van der Waals surface area (Å²) in [5.41, 5.74) is 7.20. The van der Waals surface area contributed by atoms with Crippen molar-refractivity contribution < 1.29 is 19.1 Å². The van der Waals surface area contributed by atoms with Gasteiger partial charge >= 0.3 is 11.9 Å². The highest BCUT2D eigenvalue weighted by Gasteiger charge is 2.19. The summed E-state index contributed by atoms with van der Waals surface area (Å²) in [7, 11) is 6.70. The molecule has 0 amide bonds. The minimum Gasteiger partial charge on any atom is -0.465 e. The molecule has 4 rings (SSSR count). The van der Waals surface area contributed by atoms with E-state index in [1.807, 2.05) is 138 Å². The molecule has 0 radical (unpaired) electrons. The molecule has 0 aliphatic rings. The number of aryl methyl sites for hydroxylation is 1. The molecule has 0 fully saturated rings. The summed E-state index contributed by atoms with van der Waals surface area (Å²) in [6.45, 7) is 11.9. The Kier molecular flexibility index (Phi) is 13.4. The first kappa shape index (κ1) is 32.0. The van der Waals surface area contributed by atoms with Crippen LogP contribution in [-0.2, 0) is 23.6 Å². The summed E-state index contributed by atoms with van der Waals surface area (Å²) in [5.74, 6) is -0.590. The molecule has 0 atom stereocenters. The zero-order valence-electron chi connectivity index (χ0n) is 24.5. The van der Waals surface area contributed by atoms with Gasteiger partial charge in [0.05, 0.1) is 31.0 Å². The van der Waals surface area contributed by atoms with Gasteiger partial charge in [0.1, 0.15) is 0 Å². The van der Waals surface area contributed by atoms with Crippen molar-refractivity contribution in [3.05, 3.63) is 95.3 Å². The highest BCUT2D eigenvalue weighted by atomic mass is 16.5. The summed E-state index contributed by atoms with van der Waals surface area (Å²) in [6, 6.07) is 23.6. The second-order valence-electron chi connectivity index (χ2n) is 7.91. The Balaban J connectivity index is 0.000000336. The van der Waals surface area contributed by atoms with E-state index in [9.17, 15) is 9.59 Å². The smallest absolute Gasteiger partial charge is 0.340 e. The van der Waals surface area contributed by atoms with Gasteiger partial charge in [0, 0.05) is 31.2 Å². The average molecular weight is 519 g/mol. The van der Waals surface area contributed by atoms with Gasteiger partial charge in [0.15, 0.2) is 0 Å². The number of methoxy groups -OCH3 is 2. The van der Waals surface area contributed by atoms with Gasteiger partial charge in [0.25, 0.3) is 0 Å². The molecule has 38 heavy (non-hydrogen) atoms. The third-order valence-corrected chi connectivity index (χ3v) is 5.94. The Morgan fingerprint density at radius 2 is 1.08 bits per heavy atom. The molecular formula is C32H42N2O4. The van der Waals surface area contributed by atoms with Gasteiger partial charge in [-0.25, -0.2) is 9.59 Å². The van der Waals surface area contributed by atoms with E-state index in [2.05, 4.69) is 0 Å². The molecule has 0 N–H and O–H groups in total. The lowest BCUT2D eigenvalue weighted by Gasteiger charge is -2.07. The maximum absolute atomic E-state index is 11.7. The fourth-order valence-electron chi connectivity index (χ4n) is 3.84. The molecule has 2 aromatic heterocycles. The van der Waals surface area contributed by atoms with Crippen LogP contribution >= 0.6 is 0 Å². The van der Waals surface area contributed by atoms with Crippen molar-refractivity contribution in [1.82, 2.24) is 9.13 Å². The topological polar surface area (TPSA) is 62.5 Å². The van der Waals surface area contributed by atoms with Crippen LogP contribution in [0, 0.1) is 13.8 Å². The summed E-state index contributed by atoms with van der Waals surface area (Å²) >= 11 is 0. The minimum atomic E-state index is -0.299. The monoisotopic (exact) mass is 518 g/mol. The van der Waals surface area contributed by atoms with E-state index in [0.29, 0.717) is 11.1 Å². The normalized spacial score (nSPS) is 9.53. The predicted molar refractivity (Wildman–Crippen MR) is 157 cm³/mol. The van der Waals surface area contributed by atoms with Gasteiger partial charge in [-0.05, 0) is 37.1 Å². The lowest BCUT2D eigenvalue weighted by Crippen LogP contribution is -2.03. The molecule has 6 nitrogen and oxygen atoms in total. The molecule has 2 heterocycles. The summed E-state index contributed by atoms with van der Waals surface area (Å²) in [6.07, 6.45) is 0. The number of esters is 2. The first-order valence-electron chi connectivity index (χ1n) is 12.9. The lowest BCUT2D eigenvalue weighted by atomic mass is 10.1. The predicted octanol–water partition coefficient (Wildman–Crippen LogP) is 7.63. The van der Waals surface area contributed by atoms with E-state index in [0.717, 1.165) is 33.9 Å². The van der Waals surface area contributed by atoms with Crippen molar-refractivity contribution >= 4 is 11.9 Å². The van der Waals surface area contributed by atoms with E-state index in [-0.39, 0.29) is 11.9 Å². The Bertz CT molecular complexity index is 1290. The van der Waals surface area contributed by atoms with Gasteiger partial charge in [-0.2, -0.15) is 0 Å². The fraction of sp³-hybridized carbons (Fsp3) is 0.312. The van der Waals surface area contributed by atoms with Crippen molar-refractivity contribution in [2.24, 2.45) is 14.1 Å². The third-order valence-electron chi connectivity index (χ3n) is 5.94. The number of ether oxygens (including phenoxy) is 2. The molecule has 0 spiro atoms. The highest BCUT2D eigenvalue weighted by molar-refractivity contribution is 5.97. The standard InChI is InChI=1S/2C14H15NO2.2C2H6/c1-10-12(14(16)17-3)9-13(15(10)2)11-7-5-4-6-8-11;1-10-9-12(14(16)17-3)13(15(10)2)11-7-5-4-6-8-11;2*1-2/h2*4-9H,1-3H3;2*1-2H3. The number of carbonyl (C=O) groups excluding carboxylic acids is 2. The number of hydrogen-bond donors (Lipinski definition) is 0. The van der Waals surface area contributed by atoms with Crippen LogP contribution in [0.2, 0.25) is 0 Å². The van der Waals surface area contributed by atoms with Gasteiger partial charge in [-0.3, -0.25) is 0 Å². The van der Waals surface area contributed by atoms with E-state index in [1.165, 1.54) is 14.2 Å². The van der Waals surface area contributed by atoms with Gasteiger partial charge in [-0.15, -0.1) is 0 Å². The van der Waals surface area contributed by atoms with Crippen LogP contribution in [0.3, 0.4) is 0 Å². The number of rotatable bonds is 4. The molecule has 0 unspecified atom stereocenters. The molecule has 2 aromatic carbocycles. The Labute approximate surface area is 227 Å². The fourth-order valence-corrected chi connectivity index (χ4v) is 3.84. The van der Waals surface area contributed by atoms with Gasteiger partial charge < -0.3 is 18.6 Å². The third kappa shape index (κ3) is 7.48. The summed E-state index contributed by atoms with van der Waals surface area (Å²) < 4.78 is 13.6. The molecule has 4 aromatic rings. The average Bonchev–Trinajstić information content (AvgIpc) is 3.45. The molecular weight excluding hydrogens is 476 g/mol. The number of nitrogens with zero attached hydrogens (tertiary/aromatic N) is 2. The molecule has 6 heteroatoms. The number of carbonyl (C=O) groups is 2. The highest BCUT2D eigenvalue weighted by Crippen LogP contribution is 2.27. The first-order chi connectivity index (χ1) is 18.3. The zero-order valence-corrected chi connectivity index (χ0v) is 24.5. The van der Waals surface area contributed by atoms with Crippen LogP contribution in [0.4, 0.5) is 0 Å². The Morgan fingerprint density at radius 1 is 0.632 bits per heavy atom. The van der Waals surface area contributed by atoms with Crippen LogP contribution in [-0.4, -0.2) is 35.3 Å². The van der Waals surface area contributed by atoms with Crippen LogP contribution in [0.15, 0.2) is 72.8 Å². The first-order valence-corrected chi connectivity index (χ1v) is 12.9. The van der Waals surface area contributed by atoms with Crippen LogP contribution in [0.5, 0.6) is 0 Å². The molecule has 0 aliphatic carbocycles. The van der Waals surface area contributed by atoms with Crippen LogP contribution in [0.25, 0.3) is 22.5 Å². The maximum atomic E-state index is 11.7. The van der Waals surface area contributed by atoms with Gasteiger partial charge in [-0.1, -0.05) is 88.4 Å². The molecule has 0 bridgehead atoms. The number of aromatic nitrogens is 2. The Hall–Kier alpha value is -4.06. The largest absolute Gasteiger partial charge is 0.465 e. The van der Waals surface area contributed by atoms with Gasteiger partial charge in [0.2, 0.25) is 0 Å². The van der Waals surface area contributed by atoms with E-state index in [4.69, 9.17) is 9.47 Å². The van der Waals surface area contributed by atoms with Crippen molar-refractivity contribution in [3.8, 4) is 22.5 Å². The Morgan fingerprint density at radius 3 is 1.55 bits per heavy atom. The molecule has 204 valence electrons. The number of hydrogen-bond acceptors (Lipinski definition) is 4. The molecule has 0 saturated heterocycles. The lowest BCUT2D eigenvalue weighted by molar-refractivity contribution is 0.0591. The van der Waals surface area contributed by atoms with Crippen LogP contribution < -0.4 is 0 Å². The SMILES string of the molecule is CC.CC.COC(=O)c1cc(-c2ccccc2)n(C)c1C.COC(=O)c1cc(C)n(C)c1-c1ccccc1. The van der Waals surface area contributed by atoms with E-state index >= 15 is 0 Å². The second kappa shape index (κ2) is 15.9. The summed E-state index contributed by atoms with van der Waals surface area (Å²) in [5, 5.41) is 0. The quantitative estimate of drug-likeness (QED) is 0.261. The van der Waals surface area contributed by atoms with Crippen molar-refractivity contribution in [1.29, 1.82) is 0 Å². The minimum absolute atomic E-state index is 0.291. The maximum Gasteiger partial charge on any atom is 0.340 e. The number of benzene rings is 2. The van der Waals surface area contributed by atoms with Crippen molar-refractivity contribution in [3.63, 3.8) is 0 Å². The van der Waals surface area contributed by atoms with E-state index in [1.54, 1.807) is 0 Å². The molecule has 0 aliphatic heterocycles. The van der Waals surface area contributed by atoms with Crippen LogP contribution in [0.1, 0.15) is 59.8 Å². The zero-order chi connectivity index (χ0) is 28.8. The molecule has 0 saturated carbocycles. The van der Waals surface area contributed by atoms with Crippen molar-refractivity contribution in [2.75, 3.05) is 14.2 Å².